The Balaban J connectivity index is 2.24. The Bertz CT molecular complexity index is 327. The number of unbranched alkanes of at least 4 members (excludes halogenated alkanes) is 2. The lowest BCUT2D eigenvalue weighted by Gasteiger charge is -2.05. The molecule has 1 aromatic carbocycles. The van der Waals surface area contributed by atoms with E-state index in [1.165, 1.54) is 24.8 Å². The summed E-state index contributed by atoms with van der Waals surface area (Å²) in [6.07, 6.45) is 10.6. The zero-order valence-electron chi connectivity index (χ0n) is 11.5. The summed E-state index contributed by atoms with van der Waals surface area (Å²) >= 11 is 0. The Labute approximate surface area is 111 Å². The molecule has 0 saturated heterocycles. The summed E-state index contributed by atoms with van der Waals surface area (Å²) in [7, 11) is 1.62. The van der Waals surface area contributed by atoms with Crippen LogP contribution >= 0.6 is 0 Å². The first-order chi connectivity index (χ1) is 8.86. The van der Waals surface area contributed by atoms with Crippen molar-refractivity contribution in [2.24, 2.45) is 0 Å². The highest BCUT2D eigenvalue weighted by atomic mass is 16.7. The topological polar surface area (TPSA) is 18.5 Å². The summed E-state index contributed by atoms with van der Waals surface area (Å²) in [4.78, 5) is 0. The van der Waals surface area contributed by atoms with Crippen molar-refractivity contribution in [3.8, 4) is 5.75 Å². The van der Waals surface area contributed by atoms with E-state index >= 15 is 0 Å². The maximum atomic E-state index is 5.34. The first-order valence-electron chi connectivity index (χ1n) is 6.72. The summed E-state index contributed by atoms with van der Waals surface area (Å²) in [6.45, 7) is 2.53. The first-order valence-corrected chi connectivity index (χ1v) is 6.72. The monoisotopic (exact) mass is 248 g/mol. The molecule has 0 aliphatic carbocycles. The van der Waals surface area contributed by atoms with Gasteiger partial charge < -0.3 is 9.47 Å². The molecule has 0 amide bonds. The normalized spacial score (nSPS) is 11.0. The van der Waals surface area contributed by atoms with E-state index in [0.29, 0.717) is 6.79 Å². The maximum Gasteiger partial charge on any atom is 0.188 e. The van der Waals surface area contributed by atoms with Gasteiger partial charge in [-0.1, -0.05) is 44.1 Å². The van der Waals surface area contributed by atoms with Crippen LogP contribution in [0.5, 0.6) is 5.75 Å². The SMILES string of the molecule is CCCC/C=C/CCc1ccc(OCOC)cc1. The number of hydrogen-bond acceptors (Lipinski definition) is 2. The number of hydrogen-bond donors (Lipinski definition) is 0. The van der Waals surface area contributed by atoms with Crippen LogP contribution in [0, 0.1) is 0 Å². The van der Waals surface area contributed by atoms with Crippen LogP contribution in [0.15, 0.2) is 36.4 Å². The van der Waals surface area contributed by atoms with E-state index in [-0.39, 0.29) is 0 Å². The fourth-order valence-corrected chi connectivity index (χ4v) is 1.69. The minimum absolute atomic E-state index is 0.305. The smallest absolute Gasteiger partial charge is 0.188 e. The molecule has 1 rings (SSSR count). The summed E-state index contributed by atoms with van der Waals surface area (Å²) < 4.78 is 10.2. The van der Waals surface area contributed by atoms with Gasteiger partial charge in [0.05, 0.1) is 0 Å². The van der Waals surface area contributed by atoms with Gasteiger partial charge in [0.1, 0.15) is 5.75 Å². The molecule has 0 spiro atoms. The summed E-state index contributed by atoms with van der Waals surface area (Å²) in [5.74, 6) is 0.860. The lowest BCUT2D eigenvalue weighted by atomic mass is 10.1. The van der Waals surface area contributed by atoms with E-state index in [2.05, 4.69) is 31.2 Å². The van der Waals surface area contributed by atoms with Crippen LogP contribution in [-0.2, 0) is 11.2 Å². The fourth-order valence-electron chi connectivity index (χ4n) is 1.69. The summed E-state index contributed by atoms with van der Waals surface area (Å²) in [5.41, 5.74) is 1.35. The molecule has 18 heavy (non-hydrogen) atoms. The number of benzene rings is 1. The zero-order chi connectivity index (χ0) is 13.1. The number of aryl methyl sites for hydroxylation is 1. The molecule has 2 heteroatoms. The van der Waals surface area contributed by atoms with Gasteiger partial charge in [0.15, 0.2) is 6.79 Å². The van der Waals surface area contributed by atoms with E-state index in [1.807, 2.05) is 12.1 Å². The molecule has 0 saturated carbocycles. The van der Waals surface area contributed by atoms with Gasteiger partial charge in [-0.3, -0.25) is 0 Å². The number of methoxy groups -OCH3 is 1. The van der Waals surface area contributed by atoms with Crippen molar-refractivity contribution in [2.75, 3.05) is 13.9 Å². The predicted molar refractivity (Wildman–Crippen MR) is 75.9 cm³/mol. The average molecular weight is 248 g/mol. The molecule has 0 radical (unpaired) electrons. The first kappa shape index (κ1) is 14.8. The molecular weight excluding hydrogens is 224 g/mol. The highest BCUT2D eigenvalue weighted by molar-refractivity contribution is 5.27. The summed E-state index contributed by atoms with van der Waals surface area (Å²) in [6, 6.07) is 8.22. The van der Waals surface area contributed by atoms with Crippen LogP contribution in [0.2, 0.25) is 0 Å². The second-order valence-corrected chi connectivity index (χ2v) is 4.35. The minimum Gasteiger partial charge on any atom is -0.468 e. The van der Waals surface area contributed by atoms with E-state index in [1.54, 1.807) is 7.11 Å². The van der Waals surface area contributed by atoms with Crippen LogP contribution < -0.4 is 4.74 Å². The molecule has 0 unspecified atom stereocenters. The van der Waals surface area contributed by atoms with Gasteiger partial charge in [-0.15, -0.1) is 0 Å². The van der Waals surface area contributed by atoms with Crippen LogP contribution in [0.25, 0.3) is 0 Å². The van der Waals surface area contributed by atoms with Gasteiger partial charge in [-0.2, -0.15) is 0 Å². The Morgan fingerprint density at radius 2 is 1.78 bits per heavy atom. The second kappa shape index (κ2) is 9.72. The molecule has 1 aromatic rings. The van der Waals surface area contributed by atoms with Crippen molar-refractivity contribution in [3.05, 3.63) is 42.0 Å². The maximum absolute atomic E-state index is 5.34. The minimum atomic E-state index is 0.305. The number of allylic oxidation sites excluding steroid dienone is 2. The van der Waals surface area contributed by atoms with Crippen molar-refractivity contribution in [3.63, 3.8) is 0 Å². The van der Waals surface area contributed by atoms with Crippen LogP contribution in [0.4, 0.5) is 0 Å². The van der Waals surface area contributed by atoms with Gasteiger partial charge in [0.25, 0.3) is 0 Å². The predicted octanol–water partition coefficient (Wildman–Crippen LogP) is 4.35. The van der Waals surface area contributed by atoms with E-state index < -0.39 is 0 Å². The van der Waals surface area contributed by atoms with Gasteiger partial charge in [-0.25, -0.2) is 0 Å². The van der Waals surface area contributed by atoms with Gasteiger partial charge in [0.2, 0.25) is 0 Å². The highest BCUT2D eigenvalue weighted by Crippen LogP contribution is 2.13. The molecule has 0 aromatic heterocycles. The van der Waals surface area contributed by atoms with Crippen molar-refractivity contribution in [1.29, 1.82) is 0 Å². The standard InChI is InChI=1S/C16H24O2/c1-3-4-5-6-7-8-9-15-10-12-16(13-11-15)18-14-17-2/h6-7,10-13H,3-5,8-9,14H2,1-2H3/b7-6+. The Morgan fingerprint density at radius 1 is 1.06 bits per heavy atom. The molecule has 0 bridgehead atoms. The van der Waals surface area contributed by atoms with Crippen LogP contribution in [0.3, 0.4) is 0 Å². The zero-order valence-corrected chi connectivity index (χ0v) is 11.5. The third kappa shape index (κ3) is 6.45. The van der Waals surface area contributed by atoms with Gasteiger partial charge in [-0.05, 0) is 37.0 Å². The lowest BCUT2D eigenvalue weighted by Crippen LogP contribution is -1.98. The Hall–Kier alpha value is -1.28. The molecule has 0 fully saturated rings. The summed E-state index contributed by atoms with van der Waals surface area (Å²) in [5, 5.41) is 0. The van der Waals surface area contributed by atoms with Crippen LogP contribution in [-0.4, -0.2) is 13.9 Å². The Kier molecular flexibility index (Phi) is 7.98. The largest absolute Gasteiger partial charge is 0.468 e. The number of rotatable bonds is 9. The van der Waals surface area contributed by atoms with E-state index in [4.69, 9.17) is 9.47 Å². The highest BCUT2D eigenvalue weighted by Gasteiger charge is 1.94. The van der Waals surface area contributed by atoms with E-state index in [9.17, 15) is 0 Å². The van der Waals surface area contributed by atoms with Crippen molar-refractivity contribution in [2.45, 2.75) is 39.0 Å². The number of ether oxygens (including phenoxy) is 2. The molecule has 0 aliphatic heterocycles. The molecule has 0 atom stereocenters. The average Bonchev–Trinajstić information content (AvgIpc) is 2.42. The Morgan fingerprint density at radius 3 is 2.44 bits per heavy atom. The van der Waals surface area contributed by atoms with Crippen molar-refractivity contribution in [1.82, 2.24) is 0 Å². The third-order valence-electron chi connectivity index (χ3n) is 2.76. The van der Waals surface area contributed by atoms with Crippen molar-refractivity contribution >= 4 is 0 Å². The van der Waals surface area contributed by atoms with Gasteiger partial charge >= 0.3 is 0 Å². The van der Waals surface area contributed by atoms with Crippen molar-refractivity contribution < 1.29 is 9.47 Å². The molecule has 0 aliphatic rings. The molecule has 100 valence electrons. The molecule has 0 heterocycles. The molecule has 0 N–H and O–H groups in total. The van der Waals surface area contributed by atoms with Crippen LogP contribution in [0.1, 0.15) is 38.2 Å². The quantitative estimate of drug-likeness (QED) is 0.367. The molecule has 2 nitrogen and oxygen atoms in total. The second-order valence-electron chi connectivity index (χ2n) is 4.35. The lowest BCUT2D eigenvalue weighted by molar-refractivity contribution is 0.0511. The van der Waals surface area contributed by atoms with E-state index in [0.717, 1.165) is 18.6 Å². The molecular formula is C16H24O2. The fraction of sp³-hybridized carbons (Fsp3) is 0.500. The van der Waals surface area contributed by atoms with Gasteiger partial charge in [0, 0.05) is 7.11 Å². The third-order valence-corrected chi connectivity index (χ3v) is 2.76.